The second kappa shape index (κ2) is 12.3. The van der Waals surface area contributed by atoms with E-state index in [1.165, 1.54) is 5.56 Å². The lowest BCUT2D eigenvalue weighted by atomic mass is 9.74. The number of guanidine groups is 1. The number of carbonyl (C=O) groups excluding carboxylic acids is 1. The lowest BCUT2D eigenvalue weighted by Crippen LogP contribution is -2.55. The van der Waals surface area contributed by atoms with E-state index >= 15 is 0 Å². The van der Waals surface area contributed by atoms with Crippen LogP contribution in [0.5, 0.6) is 5.75 Å². The van der Waals surface area contributed by atoms with Crippen LogP contribution in [0.15, 0.2) is 29.3 Å². The molecule has 9 heteroatoms. The number of halogens is 1. The van der Waals surface area contributed by atoms with E-state index in [0.29, 0.717) is 19.7 Å². The van der Waals surface area contributed by atoms with E-state index in [9.17, 15) is 4.79 Å². The van der Waals surface area contributed by atoms with Gasteiger partial charge in [-0.2, -0.15) is 0 Å². The Hall–Kier alpha value is -1.75. The molecule has 3 rings (SSSR count). The third kappa shape index (κ3) is 6.38. The van der Waals surface area contributed by atoms with Gasteiger partial charge in [-0.1, -0.05) is 12.1 Å². The summed E-state index contributed by atoms with van der Waals surface area (Å²) in [5, 5.41) is 3.60. The van der Waals surface area contributed by atoms with E-state index in [2.05, 4.69) is 27.3 Å². The molecule has 1 aromatic rings. The van der Waals surface area contributed by atoms with Gasteiger partial charge in [0.05, 0.1) is 13.7 Å². The van der Waals surface area contributed by atoms with Crippen molar-refractivity contribution >= 4 is 36.0 Å². The van der Waals surface area contributed by atoms with Crippen LogP contribution in [0, 0.1) is 0 Å². The number of nitrogens with one attached hydrogen (secondary N) is 1. The van der Waals surface area contributed by atoms with Gasteiger partial charge in [0.1, 0.15) is 5.75 Å². The lowest BCUT2D eigenvalue weighted by Gasteiger charge is -2.40. The van der Waals surface area contributed by atoms with Gasteiger partial charge >= 0.3 is 6.09 Å². The van der Waals surface area contributed by atoms with Crippen LogP contribution in [-0.2, 0) is 14.9 Å². The van der Waals surface area contributed by atoms with Crippen molar-refractivity contribution in [1.82, 2.24) is 15.1 Å². The molecule has 0 aromatic heterocycles. The largest absolute Gasteiger partial charge is 0.497 e. The van der Waals surface area contributed by atoms with Crippen molar-refractivity contribution in [2.45, 2.75) is 25.2 Å². The fourth-order valence-electron chi connectivity index (χ4n) is 4.17. The average molecular weight is 546 g/mol. The van der Waals surface area contributed by atoms with Crippen molar-refractivity contribution in [1.29, 1.82) is 0 Å². The van der Waals surface area contributed by atoms with Crippen LogP contribution in [0.4, 0.5) is 4.79 Å². The first-order chi connectivity index (χ1) is 14.6. The van der Waals surface area contributed by atoms with E-state index in [1.807, 2.05) is 26.1 Å². The molecule has 0 saturated carbocycles. The van der Waals surface area contributed by atoms with E-state index < -0.39 is 0 Å². The minimum absolute atomic E-state index is 0. The van der Waals surface area contributed by atoms with E-state index in [-0.39, 0.29) is 35.5 Å². The van der Waals surface area contributed by atoms with Crippen LogP contribution in [0.2, 0.25) is 0 Å². The fraction of sp³-hybridized carbons (Fsp3) is 0.636. The fourth-order valence-corrected chi connectivity index (χ4v) is 4.17. The highest BCUT2D eigenvalue weighted by Gasteiger charge is 2.35. The van der Waals surface area contributed by atoms with Crippen LogP contribution in [-0.4, -0.2) is 88.6 Å². The highest BCUT2D eigenvalue weighted by atomic mass is 127. The standard InChI is InChI=1S/C22H34N4O4.HI/c1-4-30-21(27)26-13-11-25(12-14-26)20(23-2)24-17-22(9-15-29-16-10-22)18-5-7-19(28-3)8-6-18;/h5-8H,4,9-17H2,1-3H3,(H,23,24);1H. The zero-order valence-corrected chi connectivity index (χ0v) is 21.1. The van der Waals surface area contributed by atoms with Crippen LogP contribution >= 0.6 is 24.0 Å². The van der Waals surface area contributed by atoms with Crippen LogP contribution in [0.1, 0.15) is 25.3 Å². The molecule has 0 radical (unpaired) electrons. The molecule has 2 fully saturated rings. The molecule has 2 saturated heterocycles. The number of nitrogens with zero attached hydrogens (tertiary/aromatic N) is 3. The Morgan fingerprint density at radius 1 is 1.13 bits per heavy atom. The number of hydrogen-bond acceptors (Lipinski definition) is 5. The van der Waals surface area contributed by atoms with Gasteiger partial charge in [-0.05, 0) is 37.5 Å². The van der Waals surface area contributed by atoms with Crippen molar-refractivity contribution in [2.24, 2.45) is 4.99 Å². The quantitative estimate of drug-likeness (QED) is 0.348. The third-order valence-electron chi connectivity index (χ3n) is 6.05. The summed E-state index contributed by atoms with van der Waals surface area (Å²) in [6.07, 6.45) is 1.68. The number of hydrogen-bond donors (Lipinski definition) is 1. The highest BCUT2D eigenvalue weighted by molar-refractivity contribution is 14.0. The van der Waals surface area contributed by atoms with E-state index in [4.69, 9.17) is 14.2 Å². The number of rotatable bonds is 5. The number of aliphatic imine (C=N–C) groups is 1. The summed E-state index contributed by atoms with van der Waals surface area (Å²) in [4.78, 5) is 20.4. The van der Waals surface area contributed by atoms with Gasteiger partial charge in [-0.3, -0.25) is 4.99 Å². The Balaban J connectivity index is 0.00000341. The highest BCUT2D eigenvalue weighted by Crippen LogP contribution is 2.35. The molecular formula is C22H35IN4O4. The van der Waals surface area contributed by atoms with Gasteiger partial charge in [0, 0.05) is 58.4 Å². The van der Waals surface area contributed by atoms with Gasteiger partial charge in [0.2, 0.25) is 0 Å². The summed E-state index contributed by atoms with van der Waals surface area (Å²) in [6.45, 7) is 7.26. The first-order valence-electron chi connectivity index (χ1n) is 10.7. The number of carbonyl (C=O) groups is 1. The monoisotopic (exact) mass is 546 g/mol. The van der Waals surface area contributed by atoms with Crippen molar-refractivity contribution in [3.05, 3.63) is 29.8 Å². The predicted octanol–water partition coefficient (Wildman–Crippen LogP) is 2.71. The molecule has 174 valence electrons. The van der Waals surface area contributed by atoms with Crippen molar-refractivity contribution in [2.75, 3.05) is 66.7 Å². The van der Waals surface area contributed by atoms with Crippen LogP contribution in [0.3, 0.4) is 0 Å². The molecule has 1 N–H and O–H groups in total. The van der Waals surface area contributed by atoms with Gasteiger partial charge in [-0.15, -0.1) is 24.0 Å². The Kier molecular flexibility index (Phi) is 10.1. The molecule has 0 spiro atoms. The minimum atomic E-state index is -0.235. The number of ether oxygens (including phenoxy) is 3. The van der Waals surface area contributed by atoms with Crippen molar-refractivity contribution in [3.8, 4) is 5.75 Å². The molecule has 31 heavy (non-hydrogen) atoms. The Morgan fingerprint density at radius 2 is 1.74 bits per heavy atom. The van der Waals surface area contributed by atoms with E-state index in [0.717, 1.165) is 57.4 Å². The van der Waals surface area contributed by atoms with Gasteiger partial charge in [0.25, 0.3) is 0 Å². The second-order valence-corrected chi connectivity index (χ2v) is 7.69. The molecular weight excluding hydrogens is 511 g/mol. The first kappa shape index (κ1) is 25.5. The summed E-state index contributed by atoms with van der Waals surface area (Å²) in [7, 11) is 3.50. The Labute approximate surface area is 202 Å². The number of methoxy groups -OCH3 is 1. The van der Waals surface area contributed by atoms with E-state index in [1.54, 1.807) is 12.0 Å². The molecule has 2 aliphatic heterocycles. The molecule has 2 heterocycles. The molecule has 0 atom stereocenters. The molecule has 0 bridgehead atoms. The van der Waals surface area contributed by atoms with Crippen molar-refractivity contribution < 1.29 is 19.0 Å². The molecule has 0 aliphatic carbocycles. The van der Waals surface area contributed by atoms with Gasteiger partial charge < -0.3 is 29.3 Å². The Bertz CT molecular complexity index is 715. The second-order valence-electron chi connectivity index (χ2n) is 7.69. The first-order valence-corrected chi connectivity index (χ1v) is 10.7. The van der Waals surface area contributed by atoms with Crippen LogP contribution in [0.25, 0.3) is 0 Å². The zero-order chi connectivity index (χ0) is 21.4. The van der Waals surface area contributed by atoms with Crippen molar-refractivity contribution in [3.63, 3.8) is 0 Å². The normalized spacial score (nSPS) is 18.7. The number of piperazine rings is 1. The summed E-state index contributed by atoms with van der Waals surface area (Å²) in [5.41, 5.74) is 1.29. The summed E-state index contributed by atoms with van der Waals surface area (Å²) in [5.74, 6) is 1.74. The number of benzene rings is 1. The predicted molar refractivity (Wildman–Crippen MR) is 132 cm³/mol. The maximum atomic E-state index is 11.9. The summed E-state index contributed by atoms with van der Waals surface area (Å²) < 4.78 is 16.1. The molecule has 2 aliphatic rings. The van der Waals surface area contributed by atoms with Gasteiger partial charge in [0.15, 0.2) is 5.96 Å². The lowest BCUT2D eigenvalue weighted by molar-refractivity contribution is 0.0510. The average Bonchev–Trinajstić information content (AvgIpc) is 2.80. The Morgan fingerprint density at radius 3 is 2.29 bits per heavy atom. The molecule has 1 amide bonds. The summed E-state index contributed by atoms with van der Waals surface area (Å²) in [6, 6.07) is 8.37. The third-order valence-corrected chi connectivity index (χ3v) is 6.05. The summed E-state index contributed by atoms with van der Waals surface area (Å²) >= 11 is 0. The molecule has 1 aromatic carbocycles. The molecule has 0 unspecified atom stereocenters. The van der Waals surface area contributed by atoms with Crippen LogP contribution < -0.4 is 10.1 Å². The number of amides is 1. The zero-order valence-electron chi connectivity index (χ0n) is 18.8. The maximum Gasteiger partial charge on any atom is 0.409 e. The maximum absolute atomic E-state index is 11.9. The smallest absolute Gasteiger partial charge is 0.409 e. The van der Waals surface area contributed by atoms with Gasteiger partial charge in [-0.25, -0.2) is 4.79 Å². The minimum Gasteiger partial charge on any atom is -0.497 e. The topological polar surface area (TPSA) is 75.6 Å². The SMILES string of the molecule is CCOC(=O)N1CCN(C(=NC)NCC2(c3ccc(OC)cc3)CCOCC2)CC1.I. The molecule has 8 nitrogen and oxygen atoms in total.